The molecule has 0 aliphatic carbocycles. The Morgan fingerprint density at radius 1 is 1.30 bits per heavy atom. The molecule has 0 amide bonds. The molecule has 106 valence electrons. The van der Waals surface area contributed by atoms with Crippen LogP contribution in [0.1, 0.15) is 18.9 Å². The molecule has 6 nitrogen and oxygen atoms in total. The molecule has 0 saturated heterocycles. The van der Waals surface area contributed by atoms with Crippen molar-refractivity contribution in [1.29, 1.82) is 0 Å². The topological polar surface area (TPSA) is 66.1 Å². The van der Waals surface area contributed by atoms with Crippen molar-refractivity contribution >= 4 is 0 Å². The minimum atomic E-state index is -0.326. The second-order valence-corrected chi connectivity index (χ2v) is 4.39. The van der Waals surface area contributed by atoms with E-state index in [1.807, 2.05) is 6.92 Å². The van der Waals surface area contributed by atoms with E-state index in [0.717, 1.165) is 6.42 Å². The predicted molar refractivity (Wildman–Crippen MR) is 75.1 cm³/mol. The zero-order chi connectivity index (χ0) is 14.5. The molecule has 20 heavy (non-hydrogen) atoms. The first kappa shape index (κ1) is 14.0. The highest BCUT2D eigenvalue weighted by atomic mass is 16.5. The Kier molecular flexibility index (Phi) is 4.34. The van der Waals surface area contributed by atoms with Gasteiger partial charge in [0.15, 0.2) is 0 Å². The number of ether oxygens (including phenoxy) is 1. The van der Waals surface area contributed by atoms with Gasteiger partial charge in [0, 0.05) is 30.6 Å². The Morgan fingerprint density at radius 3 is 2.80 bits per heavy atom. The number of methoxy groups -OCH3 is 1. The standard InChI is InChI=1S/C14H17N3O3/c1-3-8-16-9-6-12(18)17(14(16)19)10-11-5-4-7-15-13(11)20-2/h4-7,9H,3,8,10H2,1-2H3. The first-order chi connectivity index (χ1) is 9.67. The van der Waals surface area contributed by atoms with Crippen LogP contribution in [0.25, 0.3) is 0 Å². The van der Waals surface area contributed by atoms with Crippen LogP contribution in [0.5, 0.6) is 5.88 Å². The zero-order valence-corrected chi connectivity index (χ0v) is 11.6. The van der Waals surface area contributed by atoms with E-state index in [2.05, 4.69) is 4.98 Å². The van der Waals surface area contributed by atoms with E-state index in [1.54, 1.807) is 18.3 Å². The van der Waals surface area contributed by atoms with Gasteiger partial charge in [-0.25, -0.2) is 9.78 Å². The van der Waals surface area contributed by atoms with E-state index >= 15 is 0 Å². The van der Waals surface area contributed by atoms with Crippen molar-refractivity contribution in [3.8, 4) is 5.88 Å². The second kappa shape index (κ2) is 6.18. The number of aromatic nitrogens is 3. The zero-order valence-electron chi connectivity index (χ0n) is 11.6. The third kappa shape index (κ3) is 2.79. The lowest BCUT2D eigenvalue weighted by Crippen LogP contribution is -2.39. The van der Waals surface area contributed by atoms with Gasteiger partial charge in [0.2, 0.25) is 5.88 Å². The molecule has 0 unspecified atom stereocenters. The van der Waals surface area contributed by atoms with Crippen molar-refractivity contribution in [2.24, 2.45) is 0 Å². The number of rotatable bonds is 5. The van der Waals surface area contributed by atoms with Crippen LogP contribution in [0.4, 0.5) is 0 Å². The Hall–Kier alpha value is -2.37. The SMILES string of the molecule is CCCn1ccc(=O)n(Cc2cccnc2OC)c1=O. The van der Waals surface area contributed by atoms with Crippen LogP contribution in [0.15, 0.2) is 40.2 Å². The summed E-state index contributed by atoms with van der Waals surface area (Å²) in [6.45, 7) is 2.72. The van der Waals surface area contributed by atoms with Crippen molar-refractivity contribution in [3.05, 3.63) is 57.0 Å². The van der Waals surface area contributed by atoms with Crippen LogP contribution < -0.4 is 16.0 Å². The molecular weight excluding hydrogens is 258 g/mol. The maximum Gasteiger partial charge on any atom is 0.331 e. The van der Waals surface area contributed by atoms with Crippen molar-refractivity contribution in [3.63, 3.8) is 0 Å². The maximum absolute atomic E-state index is 12.2. The largest absolute Gasteiger partial charge is 0.481 e. The van der Waals surface area contributed by atoms with Crippen LogP contribution in [0.3, 0.4) is 0 Å². The first-order valence-corrected chi connectivity index (χ1v) is 6.45. The third-order valence-corrected chi connectivity index (χ3v) is 2.98. The normalized spacial score (nSPS) is 10.5. The van der Waals surface area contributed by atoms with Crippen LogP contribution in [-0.4, -0.2) is 21.2 Å². The summed E-state index contributed by atoms with van der Waals surface area (Å²) in [7, 11) is 1.51. The molecule has 0 saturated carbocycles. The van der Waals surface area contributed by atoms with Gasteiger partial charge in [0.25, 0.3) is 5.56 Å². The number of aryl methyl sites for hydroxylation is 1. The van der Waals surface area contributed by atoms with Crippen molar-refractivity contribution in [1.82, 2.24) is 14.1 Å². The first-order valence-electron chi connectivity index (χ1n) is 6.45. The van der Waals surface area contributed by atoms with E-state index < -0.39 is 0 Å². The maximum atomic E-state index is 12.2. The second-order valence-electron chi connectivity index (χ2n) is 4.39. The Labute approximate surface area is 116 Å². The third-order valence-electron chi connectivity index (χ3n) is 2.98. The highest BCUT2D eigenvalue weighted by Gasteiger charge is 2.09. The molecule has 0 radical (unpaired) electrons. The molecule has 2 aromatic heterocycles. The molecule has 0 fully saturated rings. The molecule has 0 aliphatic heterocycles. The molecule has 0 aliphatic rings. The molecule has 0 atom stereocenters. The summed E-state index contributed by atoms with van der Waals surface area (Å²) < 4.78 is 7.86. The highest BCUT2D eigenvalue weighted by molar-refractivity contribution is 5.25. The van der Waals surface area contributed by atoms with Gasteiger partial charge in [0.05, 0.1) is 13.7 Å². The summed E-state index contributed by atoms with van der Waals surface area (Å²) in [5.74, 6) is 0.421. The lowest BCUT2D eigenvalue weighted by Gasteiger charge is -2.10. The summed E-state index contributed by atoms with van der Waals surface area (Å²) in [5.41, 5.74) is 0.0574. The van der Waals surface area contributed by atoms with Gasteiger partial charge in [-0.2, -0.15) is 0 Å². The average molecular weight is 275 g/mol. The number of nitrogens with zero attached hydrogens (tertiary/aromatic N) is 3. The van der Waals surface area contributed by atoms with Crippen molar-refractivity contribution < 1.29 is 4.74 Å². The van der Waals surface area contributed by atoms with Gasteiger partial charge in [0.1, 0.15) is 0 Å². The molecular formula is C14H17N3O3. The molecule has 2 rings (SSSR count). The van der Waals surface area contributed by atoms with Gasteiger partial charge in [-0.3, -0.25) is 9.36 Å². The van der Waals surface area contributed by atoms with E-state index in [-0.39, 0.29) is 17.8 Å². The van der Waals surface area contributed by atoms with Crippen LogP contribution in [0, 0.1) is 0 Å². The fourth-order valence-electron chi connectivity index (χ4n) is 2.01. The molecule has 2 aromatic rings. The Balaban J connectivity index is 2.46. The van der Waals surface area contributed by atoms with Gasteiger partial charge in [-0.15, -0.1) is 0 Å². The molecule has 0 spiro atoms. The number of hydrogen-bond acceptors (Lipinski definition) is 4. The average Bonchev–Trinajstić information content (AvgIpc) is 2.47. The lowest BCUT2D eigenvalue weighted by molar-refractivity contribution is 0.390. The summed E-state index contributed by atoms with van der Waals surface area (Å²) in [6.07, 6.45) is 3.96. The minimum absolute atomic E-state index is 0.152. The molecule has 6 heteroatoms. The van der Waals surface area contributed by atoms with Gasteiger partial charge in [-0.05, 0) is 12.5 Å². The van der Waals surface area contributed by atoms with Crippen LogP contribution in [0.2, 0.25) is 0 Å². The van der Waals surface area contributed by atoms with E-state index in [1.165, 1.54) is 28.5 Å². The monoisotopic (exact) mass is 275 g/mol. The van der Waals surface area contributed by atoms with Crippen molar-refractivity contribution in [2.45, 2.75) is 26.4 Å². The van der Waals surface area contributed by atoms with Gasteiger partial charge in [-0.1, -0.05) is 13.0 Å². The highest BCUT2D eigenvalue weighted by Crippen LogP contribution is 2.13. The quantitative estimate of drug-likeness (QED) is 0.812. The molecule has 0 N–H and O–H groups in total. The van der Waals surface area contributed by atoms with Gasteiger partial charge < -0.3 is 9.30 Å². The van der Waals surface area contributed by atoms with Gasteiger partial charge >= 0.3 is 5.69 Å². The summed E-state index contributed by atoms with van der Waals surface area (Å²) in [5, 5.41) is 0. The summed E-state index contributed by atoms with van der Waals surface area (Å²) >= 11 is 0. The van der Waals surface area contributed by atoms with E-state index in [4.69, 9.17) is 4.74 Å². The Bertz CT molecular complexity index is 703. The van der Waals surface area contributed by atoms with E-state index in [0.29, 0.717) is 18.0 Å². The molecule has 0 bridgehead atoms. The fraction of sp³-hybridized carbons (Fsp3) is 0.357. The number of hydrogen-bond donors (Lipinski definition) is 0. The summed E-state index contributed by atoms with van der Waals surface area (Å²) in [6, 6.07) is 4.94. The Morgan fingerprint density at radius 2 is 2.10 bits per heavy atom. The smallest absolute Gasteiger partial charge is 0.331 e. The molecule has 2 heterocycles. The lowest BCUT2D eigenvalue weighted by atomic mass is 10.2. The van der Waals surface area contributed by atoms with E-state index in [9.17, 15) is 9.59 Å². The summed E-state index contributed by atoms with van der Waals surface area (Å²) in [4.78, 5) is 28.2. The number of pyridine rings is 1. The minimum Gasteiger partial charge on any atom is -0.481 e. The van der Waals surface area contributed by atoms with Crippen LogP contribution >= 0.6 is 0 Å². The van der Waals surface area contributed by atoms with Crippen molar-refractivity contribution in [2.75, 3.05) is 7.11 Å². The molecule has 0 aromatic carbocycles. The predicted octanol–water partition coefficient (Wildman–Crippen LogP) is 0.872. The van der Waals surface area contributed by atoms with Crippen LogP contribution in [-0.2, 0) is 13.1 Å². The fourth-order valence-corrected chi connectivity index (χ4v) is 2.01.